The SMILES string of the molecule is O=[N+]([O-])c1cccc(CNCc2ccccc2Br)c1F. The van der Waals surface area contributed by atoms with Gasteiger partial charge in [0.2, 0.25) is 5.82 Å². The fraction of sp³-hybridized carbons (Fsp3) is 0.143. The van der Waals surface area contributed by atoms with E-state index in [1.165, 1.54) is 12.1 Å². The zero-order valence-electron chi connectivity index (χ0n) is 10.5. The summed E-state index contributed by atoms with van der Waals surface area (Å²) in [5.74, 6) is -0.780. The van der Waals surface area contributed by atoms with Gasteiger partial charge in [0.1, 0.15) is 0 Å². The van der Waals surface area contributed by atoms with Crippen LogP contribution in [0.1, 0.15) is 11.1 Å². The standard InChI is InChI=1S/C14H12BrFN2O2/c15-12-6-2-1-4-10(12)8-17-9-11-5-3-7-13(14(11)16)18(19)20/h1-7,17H,8-9H2. The summed E-state index contributed by atoms with van der Waals surface area (Å²) in [6, 6.07) is 11.9. The molecule has 104 valence electrons. The molecule has 0 aliphatic heterocycles. The van der Waals surface area contributed by atoms with E-state index in [4.69, 9.17) is 0 Å². The van der Waals surface area contributed by atoms with Gasteiger partial charge in [-0.2, -0.15) is 4.39 Å². The Bertz CT molecular complexity index is 634. The van der Waals surface area contributed by atoms with Gasteiger partial charge >= 0.3 is 5.69 Å². The molecule has 0 aliphatic rings. The average Bonchev–Trinajstić information content (AvgIpc) is 2.42. The van der Waals surface area contributed by atoms with Gasteiger partial charge < -0.3 is 5.32 Å². The van der Waals surface area contributed by atoms with Crippen LogP contribution in [-0.4, -0.2) is 4.92 Å². The summed E-state index contributed by atoms with van der Waals surface area (Å²) in [6.07, 6.45) is 0. The topological polar surface area (TPSA) is 55.2 Å². The van der Waals surface area contributed by atoms with Crippen LogP contribution in [0.4, 0.5) is 10.1 Å². The Morgan fingerprint density at radius 2 is 1.75 bits per heavy atom. The maximum absolute atomic E-state index is 13.8. The molecule has 0 heterocycles. The first-order valence-electron chi connectivity index (χ1n) is 5.95. The van der Waals surface area contributed by atoms with E-state index in [1.54, 1.807) is 0 Å². The zero-order chi connectivity index (χ0) is 14.5. The quantitative estimate of drug-likeness (QED) is 0.666. The van der Waals surface area contributed by atoms with Crippen LogP contribution >= 0.6 is 15.9 Å². The minimum Gasteiger partial charge on any atom is -0.308 e. The second-order valence-corrected chi connectivity index (χ2v) is 5.06. The third-order valence-electron chi connectivity index (χ3n) is 2.84. The van der Waals surface area contributed by atoms with E-state index in [1.807, 2.05) is 24.3 Å². The second-order valence-electron chi connectivity index (χ2n) is 4.20. The van der Waals surface area contributed by atoms with Crippen molar-refractivity contribution in [1.82, 2.24) is 5.32 Å². The molecule has 6 heteroatoms. The van der Waals surface area contributed by atoms with Crippen LogP contribution < -0.4 is 5.32 Å². The minimum absolute atomic E-state index is 0.231. The van der Waals surface area contributed by atoms with Crippen LogP contribution in [0, 0.1) is 15.9 Å². The molecular weight excluding hydrogens is 327 g/mol. The first kappa shape index (κ1) is 14.6. The monoisotopic (exact) mass is 338 g/mol. The third kappa shape index (κ3) is 3.40. The molecule has 0 aromatic heterocycles. The van der Waals surface area contributed by atoms with Crippen molar-refractivity contribution in [3.05, 3.63) is 74.0 Å². The molecule has 20 heavy (non-hydrogen) atoms. The molecule has 2 rings (SSSR count). The fourth-order valence-electron chi connectivity index (χ4n) is 1.82. The molecule has 0 fully saturated rings. The number of nitrogens with zero attached hydrogens (tertiary/aromatic N) is 1. The largest absolute Gasteiger partial charge is 0.308 e. The third-order valence-corrected chi connectivity index (χ3v) is 3.62. The molecule has 0 saturated carbocycles. The molecular formula is C14H12BrFN2O2. The van der Waals surface area contributed by atoms with Crippen LogP contribution in [0.25, 0.3) is 0 Å². The molecule has 0 aliphatic carbocycles. The number of hydrogen-bond donors (Lipinski definition) is 1. The molecule has 0 amide bonds. The van der Waals surface area contributed by atoms with Crippen molar-refractivity contribution in [2.75, 3.05) is 0 Å². The Morgan fingerprint density at radius 1 is 1.10 bits per heavy atom. The van der Waals surface area contributed by atoms with Crippen LogP contribution in [0.3, 0.4) is 0 Å². The average molecular weight is 339 g/mol. The van der Waals surface area contributed by atoms with E-state index < -0.39 is 16.4 Å². The molecule has 2 aromatic carbocycles. The normalized spacial score (nSPS) is 10.5. The maximum Gasteiger partial charge on any atom is 0.305 e. The number of nitrogens with one attached hydrogen (secondary N) is 1. The van der Waals surface area contributed by atoms with Gasteiger partial charge in [0.05, 0.1) is 4.92 Å². The van der Waals surface area contributed by atoms with Crippen LogP contribution in [0.5, 0.6) is 0 Å². The van der Waals surface area contributed by atoms with Crippen LogP contribution in [0.2, 0.25) is 0 Å². The zero-order valence-corrected chi connectivity index (χ0v) is 12.1. The van der Waals surface area contributed by atoms with Crippen LogP contribution in [-0.2, 0) is 13.1 Å². The van der Waals surface area contributed by atoms with Gasteiger partial charge in [-0.15, -0.1) is 0 Å². The number of benzene rings is 2. The Hall–Kier alpha value is -1.79. The Labute approximate surface area is 123 Å². The molecule has 0 atom stereocenters. The number of nitro groups is 1. The molecule has 0 saturated heterocycles. The number of hydrogen-bond acceptors (Lipinski definition) is 3. The summed E-state index contributed by atoms with van der Waals surface area (Å²) < 4.78 is 14.8. The van der Waals surface area contributed by atoms with Crippen molar-refractivity contribution in [3.63, 3.8) is 0 Å². The van der Waals surface area contributed by atoms with E-state index in [0.29, 0.717) is 6.54 Å². The van der Waals surface area contributed by atoms with E-state index in [2.05, 4.69) is 21.2 Å². The summed E-state index contributed by atoms with van der Waals surface area (Å²) in [5.41, 5.74) is 0.829. The maximum atomic E-state index is 13.8. The fourth-order valence-corrected chi connectivity index (χ4v) is 2.24. The summed E-state index contributed by atoms with van der Waals surface area (Å²) in [7, 11) is 0. The number of halogens is 2. The molecule has 0 spiro atoms. The lowest BCUT2D eigenvalue weighted by Crippen LogP contribution is -2.14. The molecule has 4 nitrogen and oxygen atoms in total. The number of nitro benzene ring substituents is 1. The van der Waals surface area contributed by atoms with Gasteiger partial charge in [0.15, 0.2) is 0 Å². The van der Waals surface area contributed by atoms with Gasteiger partial charge in [-0.05, 0) is 11.6 Å². The Morgan fingerprint density at radius 3 is 2.45 bits per heavy atom. The van der Waals surface area contributed by atoms with Crippen molar-refractivity contribution in [2.24, 2.45) is 0 Å². The van der Waals surface area contributed by atoms with Gasteiger partial charge in [0.25, 0.3) is 0 Å². The highest BCUT2D eigenvalue weighted by Crippen LogP contribution is 2.20. The molecule has 0 bridgehead atoms. The molecule has 2 aromatic rings. The van der Waals surface area contributed by atoms with Gasteiger partial charge in [0, 0.05) is 29.2 Å². The Kier molecular flexibility index (Phi) is 4.81. The summed E-state index contributed by atoms with van der Waals surface area (Å²) >= 11 is 3.42. The predicted octanol–water partition coefficient (Wildman–Crippen LogP) is 3.79. The highest BCUT2D eigenvalue weighted by Gasteiger charge is 2.16. The van der Waals surface area contributed by atoms with Gasteiger partial charge in [-0.1, -0.05) is 46.3 Å². The highest BCUT2D eigenvalue weighted by molar-refractivity contribution is 9.10. The van der Waals surface area contributed by atoms with Gasteiger partial charge in [-0.25, -0.2) is 0 Å². The van der Waals surface area contributed by atoms with Crippen molar-refractivity contribution < 1.29 is 9.31 Å². The lowest BCUT2D eigenvalue weighted by molar-refractivity contribution is -0.387. The van der Waals surface area contributed by atoms with E-state index in [9.17, 15) is 14.5 Å². The van der Waals surface area contributed by atoms with Gasteiger partial charge in [-0.3, -0.25) is 10.1 Å². The second kappa shape index (κ2) is 6.58. The van der Waals surface area contributed by atoms with Crippen molar-refractivity contribution in [3.8, 4) is 0 Å². The molecule has 0 unspecified atom stereocenters. The minimum atomic E-state index is -0.780. The summed E-state index contributed by atoms with van der Waals surface area (Å²) in [4.78, 5) is 9.94. The first-order chi connectivity index (χ1) is 9.59. The number of rotatable bonds is 5. The Balaban J connectivity index is 2.03. The molecule has 0 radical (unpaired) electrons. The summed E-state index contributed by atoms with van der Waals surface area (Å²) in [5, 5.41) is 13.7. The van der Waals surface area contributed by atoms with E-state index >= 15 is 0 Å². The van der Waals surface area contributed by atoms with Crippen molar-refractivity contribution in [2.45, 2.75) is 13.1 Å². The first-order valence-corrected chi connectivity index (χ1v) is 6.75. The van der Waals surface area contributed by atoms with Crippen molar-refractivity contribution in [1.29, 1.82) is 0 Å². The van der Waals surface area contributed by atoms with E-state index in [0.717, 1.165) is 16.1 Å². The predicted molar refractivity (Wildman–Crippen MR) is 77.7 cm³/mol. The highest BCUT2D eigenvalue weighted by atomic mass is 79.9. The molecule has 1 N–H and O–H groups in total. The summed E-state index contributed by atoms with van der Waals surface area (Å²) in [6.45, 7) is 0.776. The van der Waals surface area contributed by atoms with Crippen molar-refractivity contribution >= 4 is 21.6 Å². The lowest BCUT2D eigenvalue weighted by atomic mass is 10.1. The smallest absolute Gasteiger partial charge is 0.305 e. The van der Waals surface area contributed by atoms with E-state index in [-0.39, 0.29) is 12.1 Å². The van der Waals surface area contributed by atoms with Crippen LogP contribution in [0.15, 0.2) is 46.9 Å². The lowest BCUT2D eigenvalue weighted by Gasteiger charge is -2.07.